The molecule has 1 aromatic heterocycles. The lowest BCUT2D eigenvalue weighted by atomic mass is 9.91. The van der Waals surface area contributed by atoms with Crippen LogP contribution in [0, 0.1) is 12.3 Å². The molecular formula is C13H25N3. The van der Waals surface area contributed by atoms with Crippen LogP contribution in [-0.2, 0) is 12.0 Å². The normalized spacial score (nSPS) is 13.2. The summed E-state index contributed by atoms with van der Waals surface area (Å²) in [7, 11) is 0. The van der Waals surface area contributed by atoms with Crippen LogP contribution in [0.15, 0.2) is 0 Å². The highest BCUT2D eigenvalue weighted by molar-refractivity contribution is 5.05. The molecule has 16 heavy (non-hydrogen) atoms. The molecule has 0 saturated heterocycles. The van der Waals surface area contributed by atoms with Crippen molar-refractivity contribution in [3.05, 3.63) is 11.6 Å². The van der Waals surface area contributed by atoms with E-state index in [1.807, 2.05) is 6.92 Å². The van der Waals surface area contributed by atoms with E-state index >= 15 is 0 Å². The Kier molecular flexibility index (Phi) is 3.46. The molecule has 0 saturated carbocycles. The maximum absolute atomic E-state index is 4.30. The minimum Gasteiger partial charge on any atom is -0.315 e. The third-order valence-electron chi connectivity index (χ3n) is 2.69. The summed E-state index contributed by atoms with van der Waals surface area (Å²) in [4.78, 5) is 0. The number of hydrogen-bond acceptors (Lipinski definition) is 2. The Morgan fingerprint density at radius 3 is 2.00 bits per heavy atom. The van der Waals surface area contributed by atoms with Crippen LogP contribution in [0.4, 0.5) is 0 Å². The zero-order valence-electron chi connectivity index (χ0n) is 11.8. The van der Waals surface area contributed by atoms with Crippen molar-refractivity contribution in [1.29, 1.82) is 0 Å². The van der Waals surface area contributed by atoms with Crippen molar-refractivity contribution in [2.75, 3.05) is 0 Å². The number of rotatable bonds is 2. The summed E-state index contributed by atoms with van der Waals surface area (Å²) < 4.78 is 2.26. The maximum Gasteiger partial charge on any atom is 0.138 e. The van der Waals surface area contributed by atoms with Gasteiger partial charge in [0.1, 0.15) is 11.6 Å². The molecule has 0 N–H and O–H groups in total. The van der Waals surface area contributed by atoms with Gasteiger partial charge in [-0.2, -0.15) is 0 Å². The van der Waals surface area contributed by atoms with Gasteiger partial charge in [-0.3, -0.25) is 0 Å². The smallest absolute Gasteiger partial charge is 0.138 e. The Hall–Kier alpha value is -0.860. The van der Waals surface area contributed by atoms with Crippen LogP contribution in [0.1, 0.15) is 59.6 Å². The molecule has 0 fully saturated rings. The first-order valence-electron chi connectivity index (χ1n) is 6.01. The van der Waals surface area contributed by atoms with E-state index in [1.54, 1.807) is 0 Å². The molecule has 92 valence electrons. The average Bonchev–Trinajstić information content (AvgIpc) is 2.41. The molecule has 1 rings (SSSR count). The van der Waals surface area contributed by atoms with Crippen LogP contribution in [0.2, 0.25) is 0 Å². The predicted octanol–water partition coefficient (Wildman–Crippen LogP) is 3.32. The second-order valence-electron chi connectivity index (χ2n) is 6.78. The van der Waals surface area contributed by atoms with Crippen LogP contribution in [0.25, 0.3) is 0 Å². The zero-order chi connectivity index (χ0) is 12.6. The molecule has 0 aliphatic heterocycles. The summed E-state index contributed by atoms with van der Waals surface area (Å²) in [6.07, 6.45) is 1.15. The quantitative estimate of drug-likeness (QED) is 0.770. The van der Waals surface area contributed by atoms with E-state index in [0.29, 0.717) is 5.41 Å². The van der Waals surface area contributed by atoms with Crippen LogP contribution < -0.4 is 0 Å². The summed E-state index contributed by atoms with van der Waals surface area (Å²) in [6, 6.07) is 0. The van der Waals surface area contributed by atoms with Crippen molar-refractivity contribution in [1.82, 2.24) is 14.8 Å². The maximum atomic E-state index is 4.30. The number of nitrogens with zero attached hydrogens (tertiary/aromatic N) is 3. The zero-order valence-corrected chi connectivity index (χ0v) is 11.8. The first-order valence-corrected chi connectivity index (χ1v) is 6.01. The lowest BCUT2D eigenvalue weighted by molar-refractivity contribution is 0.339. The number of aryl methyl sites for hydroxylation is 1. The number of aromatic nitrogens is 3. The Morgan fingerprint density at radius 2 is 1.56 bits per heavy atom. The lowest BCUT2D eigenvalue weighted by Gasteiger charge is -2.23. The molecular weight excluding hydrogens is 198 g/mol. The standard InChI is InChI=1S/C13H25N3/c1-10-14-15-11(13(5,6)7)16(10)9-8-12(2,3)4/h8-9H2,1-7H3. The molecule has 0 aliphatic carbocycles. The number of hydrogen-bond donors (Lipinski definition) is 0. The fourth-order valence-electron chi connectivity index (χ4n) is 1.65. The summed E-state index contributed by atoms with van der Waals surface area (Å²) >= 11 is 0. The lowest BCUT2D eigenvalue weighted by Crippen LogP contribution is -2.21. The largest absolute Gasteiger partial charge is 0.315 e. The summed E-state index contributed by atoms with van der Waals surface area (Å²) in [5.41, 5.74) is 0.422. The average molecular weight is 223 g/mol. The van der Waals surface area contributed by atoms with E-state index in [2.05, 4.69) is 56.3 Å². The van der Waals surface area contributed by atoms with Gasteiger partial charge < -0.3 is 4.57 Å². The van der Waals surface area contributed by atoms with Gasteiger partial charge in [-0.15, -0.1) is 10.2 Å². The van der Waals surface area contributed by atoms with Crippen LogP contribution >= 0.6 is 0 Å². The minimum absolute atomic E-state index is 0.0686. The molecule has 3 heteroatoms. The molecule has 0 unspecified atom stereocenters. The predicted molar refractivity (Wildman–Crippen MR) is 67.5 cm³/mol. The summed E-state index contributed by atoms with van der Waals surface area (Å²) in [5, 5.41) is 8.50. The van der Waals surface area contributed by atoms with Crippen molar-refractivity contribution in [3.8, 4) is 0 Å². The van der Waals surface area contributed by atoms with Gasteiger partial charge in [0.05, 0.1) is 0 Å². The van der Waals surface area contributed by atoms with Crippen LogP contribution in [-0.4, -0.2) is 14.8 Å². The van der Waals surface area contributed by atoms with Crippen molar-refractivity contribution in [2.45, 2.75) is 66.8 Å². The highest BCUT2D eigenvalue weighted by Crippen LogP contribution is 2.24. The van der Waals surface area contributed by atoms with E-state index in [1.165, 1.54) is 0 Å². The second-order valence-corrected chi connectivity index (χ2v) is 6.78. The Bertz CT molecular complexity index is 350. The van der Waals surface area contributed by atoms with Gasteiger partial charge in [-0.25, -0.2) is 0 Å². The Labute approximate surface area is 99.3 Å². The van der Waals surface area contributed by atoms with E-state index in [0.717, 1.165) is 24.6 Å². The molecule has 0 aromatic carbocycles. The van der Waals surface area contributed by atoms with E-state index < -0.39 is 0 Å². The Balaban J connectivity index is 2.91. The molecule has 3 nitrogen and oxygen atoms in total. The van der Waals surface area contributed by atoms with E-state index in [-0.39, 0.29) is 5.41 Å². The van der Waals surface area contributed by atoms with Gasteiger partial charge in [0.25, 0.3) is 0 Å². The SMILES string of the molecule is Cc1nnc(C(C)(C)C)n1CCC(C)(C)C. The van der Waals surface area contributed by atoms with Crippen LogP contribution in [0.5, 0.6) is 0 Å². The monoisotopic (exact) mass is 223 g/mol. The molecule has 0 spiro atoms. The fourth-order valence-corrected chi connectivity index (χ4v) is 1.65. The molecule has 0 bridgehead atoms. The summed E-state index contributed by atoms with van der Waals surface area (Å²) in [5.74, 6) is 2.11. The van der Waals surface area contributed by atoms with E-state index in [9.17, 15) is 0 Å². The second kappa shape index (κ2) is 4.19. The topological polar surface area (TPSA) is 30.7 Å². The molecule has 1 aromatic rings. The molecule has 0 atom stereocenters. The fraction of sp³-hybridized carbons (Fsp3) is 0.846. The molecule has 0 amide bonds. The van der Waals surface area contributed by atoms with Gasteiger partial charge in [-0.05, 0) is 18.8 Å². The minimum atomic E-state index is 0.0686. The highest BCUT2D eigenvalue weighted by atomic mass is 15.3. The molecule has 0 aliphatic rings. The van der Waals surface area contributed by atoms with Crippen molar-refractivity contribution < 1.29 is 0 Å². The Morgan fingerprint density at radius 1 is 1.00 bits per heavy atom. The van der Waals surface area contributed by atoms with Gasteiger partial charge in [0.2, 0.25) is 0 Å². The van der Waals surface area contributed by atoms with Crippen LogP contribution in [0.3, 0.4) is 0 Å². The third-order valence-corrected chi connectivity index (χ3v) is 2.69. The van der Waals surface area contributed by atoms with Gasteiger partial charge in [-0.1, -0.05) is 41.5 Å². The van der Waals surface area contributed by atoms with Gasteiger partial charge in [0.15, 0.2) is 0 Å². The van der Waals surface area contributed by atoms with E-state index in [4.69, 9.17) is 0 Å². The first kappa shape index (κ1) is 13.2. The van der Waals surface area contributed by atoms with Crippen molar-refractivity contribution >= 4 is 0 Å². The van der Waals surface area contributed by atoms with Crippen molar-refractivity contribution in [2.24, 2.45) is 5.41 Å². The third kappa shape index (κ3) is 3.32. The summed E-state index contributed by atoms with van der Waals surface area (Å²) in [6.45, 7) is 16.4. The molecule has 1 heterocycles. The van der Waals surface area contributed by atoms with Gasteiger partial charge in [0, 0.05) is 12.0 Å². The highest BCUT2D eigenvalue weighted by Gasteiger charge is 2.23. The van der Waals surface area contributed by atoms with Crippen molar-refractivity contribution in [3.63, 3.8) is 0 Å². The first-order chi connectivity index (χ1) is 7.11. The molecule has 0 radical (unpaired) electrons. The van der Waals surface area contributed by atoms with Gasteiger partial charge >= 0.3 is 0 Å².